The first-order valence-electron chi connectivity index (χ1n) is 7.74. The molecule has 0 bridgehead atoms. The average Bonchev–Trinajstić information content (AvgIpc) is 2.39. The van der Waals surface area contributed by atoms with Crippen LogP contribution in [0.15, 0.2) is 24.3 Å². The second-order valence-corrected chi connectivity index (χ2v) is 6.07. The van der Waals surface area contributed by atoms with E-state index in [1.54, 1.807) is 5.56 Å². The van der Waals surface area contributed by atoms with Gasteiger partial charge in [0.1, 0.15) is 0 Å². The van der Waals surface area contributed by atoms with Gasteiger partial charge < -0.3 is 10.1 Å². The molecule has 3 rings (SSSR count). The summed E-state index contributed by atoms with van der Waals surface area (Å²) >= 11 is 0. The topological polar surface area (TPSA) is 21.3 Å². The summed E-state index contributed by atoms with van der Waals surface area (Å²) in [5.41, 5.74) is 3.08. The number of hydrogen-bond acceptors (Lipinski definition) is 2. The quantitative estimate of drug-likeness (QED) is 0.888. The van der Waals surface area contributed by atoms with Gasteiger partial charge in [0, 0.05) is 18.7 Å². The zero-order valence-corrected chi connectivity index (χ0v) is 12.1. The normalized spacial score (nSPS) is 33.6. The van der Waals surface area contributed by atoms with Crippen LogP contribution in [0.5, 0.6) is 0 Å². The smallest absolute Gasteiger partial charge is 0.0604 e. The van der Waals surface area contributed by atoms with Gasteiger partial charge in [-0.2, -0.15) is 0 Å². The van der Waals surface area contributed by atoms with Crippen LogP contribution in [0.1, 0.15) is 62.6 Å². The van der Waals surface area contributed by atoms with Crippen LogP contribution in [-0.2, 0) is 4.74 Å². The number of fused-ring (bicyclic) bond motifs is 1. The molecule has 1 aromatic rings. The summed E-state index contributed by atoms with van der Waals surface area (Å²) in [5.74, 6) is 0.715. The summed E-state index contributed by atoms with van der Waals surface area (Å²) in [7, 11) is 0. The first kappa shape index (κ1) is 13.1. The molecule has 1 fully saturated rings. The van der Waals surface area contributed by atoms with E-state index in [9.17, 15) is 0 Å². The van der Waals surface area contributed by atoms with Gasteiger partial charge in [-0.3, -0.25) is 0 Å². The lowest BCUT2D eigenvalue weighted by Gasteiger charge is -2.40. The fourth-order valence-electron chi connectivity index (χ4n) is 3.54. The third-order valence-electron chi connectivity index (χ3n) is 4.72. The second kappa shape index (κ2) is 5.64. The van der Waals surface area contributed by atoms with Gasteiger partial charge in [0.15, 0.2) is 0 Å². The zero-order chi connectivity index (χ0) is 13.2. The first-order chi connectivity index (χ1) is 9.28. The molecular weight excluding hydrogens is 234 g/mol. The van der Waals surface area contributed by atoms with Crippen LogP contribution in [-0.4, -0.2) is 18.8 Å². The Hall–Kier alpha value is -0.860. The lowest BCUT2D eigenvalue weighted by atomic mass is 9.79. The van der Waals surface area contributed by atoms with E-state index in [1.165, 1.54) is 31.2 Å². The van der Waals surface area contributed by atoms with Gasteiger partial charge in [0.25, 0.3) is 0 Å². The van der Waals surface area contributed by atoms with E-state index in [0.717, 1.165) is 6.61 Å². The number of hydrogen-bond donors (Lipinski definition) is 1. The molecule has 0 aliphatic heterocycles. The third-order valence-corrected chi connectivity index (χ3v) is 4.72. The molecule has 1 saturated carbocycles. The van der Waals surface area contributed by atoms with E-state index in [2.05, 4.69) is 43.4 Å². The summed E-state index contributed by atoms with van der Waals surface area (Å²) in [5, 5.41) is 3.84. The predicted molar refractivity (Wildman–Crippen MR) is 78.4 cm³/mol. The molecule has 0 amide bonds. The van der Waals surface area contributed by atoms with Crippen LogP contribution in [0, 0.1) is 0 Å². The Morgan fingerprint density at radius 1 is 1.16 bits per heavy atom. The highest BCUT2D eigenvalue weighted by molar-refractivity contribution is 5.35. The van der Waals surface area contributed by atoms with E-state index in [0.29, 0.717) is 24.1 Å². The molecule has 2 unspecified atom stereocenters. The van der Waals surface area contributed by atoms with Crippen molar-refractivity contribution >= 4 is 0 Å². The second-order valence-electron chi connectivity index (χ2n) is 6.07. The fraction of sp³-hybridized carbons (Fsp3) is 0.647. The minimum atomic E-state index is 0.500. The van der Waals surface area contributed by atoms with Crippen molar-refractivity contribution in [3.8, 4) is 0 Å². The zero-order valence-electron chi connectivity index (χ0n) is 12.1. The molecular formula is C17H25NO. The monoisotopic (exact) mass is 259 g/mol. The Morgan fingerprint density at radius 3 is 2.63 bits per heavy atom. The molecule has 0 radical (unpaired) electrons. The largest absolute Gasteiger partial charge is 0.378 e. The van der Waals surface area contributed by atoms with Gasteiger partial charge in [0.05, 0.1) is 6.10 Å². The average molecular weight is 259 g/mol. The molecule has 2 aliphatic rings. The molecule has 2 nitrogen and oxygen atoms in total. The van der Waals surface area contributed by atoms with Gasteiger partial charge in [-0.05, 0) is 49.7 Å². The van der Waals surface area contributed by atoms with Crippen molar-refractivity contribution in [2.24, 2.45) is 0 Å². The molecule has 1 aromatic carbocycles. The van der Waals surface area contributed by atoms with Crippen LogP contribution in [0.2, 0.25) is 0 Å². The molecule has 2 aliphatic carbocycles. The lowest BCUT2D eigenvalue weighted by molar-refractivity contribution is -0.0130. The number of nitrogens with one attached hydrogen (secondary N) is 1. The van der Waals surface area contributed by atoms with Gasteiger partial charge >= 0.3 is 0 Å². The predicted octanol–water partition coefficient (Wildman–Crippen LogP) is 3.78. The van der Waals surface area contributed by atoms with Gasteiger partial charge in [0.2, 0.25) is 0 Å². The van der Waals surface area contributed by atoms with Crippen molar-refractivity contribution in [2.45, 2.75) is 63.6 Å². The Morgan fingerprint density at radius 2 is 1.89 bits per heavy atom. The van der Waals surface area contributed by atoms with Crippen LogP contribution in [0.3, 0.4) is 0 Å². The molecule has 2 heteroatoms. The minimum Gasteiger partial charge on any atom is -0.378 e. The Bertz CT molecular complexity index is 425. The van der Waals surface area contributed by atoms with Crippen molar-refractivity contribution in [1.82, 2.24) is 5.32 Å². The van der Waals surface area contributed by atoms with E-state index >= 15 is 0 Å². The SMILES string of the molecule is CCOC1CC(NC2CCC(C)c3ccccc32)C1. The van der Waals surface area contributed by atoms with E-state index in [-0.39, 0.29) is 0 Å². The highest BCUT2D eigenvalue weighted by Crippen LogP contribution is 2.38. The maximum atomic E-state index is 5.64. The van der Waals surface area contributed by atoms with Gasteiger partial charge in [-0.15, -0.1) is 0 Å². The molecule has 0 saturated heterocycles. The maximum Gasteiger partial charge on any atom is 0.0604 e. The Labute approximate surface area is 116 Å². The summed E-state index contributed by atoms with van der Waals surface area (Å²) in [4.78, 5) is 0. The molecule has 1 N–H and O–H groups in total. The summed E-state index contributed by atoms with van der Waals surface area (Å²) in [6.07, 6.45) is 5.44. The Balaban J connectivity index is 1.62. The molecule has 0 spiro atoms. The third kappa shape index (κ3) is 2.70. The highest BCUT2D eigenvalue weighted by Gasteiger charge is 2.33. The number of ether oxygens (including phenoxy) is 1. The van der Waals surface area contributed by atoms with Crippen molar-refractivity contribution in [2.75, 3.05) is 6.61 Å². The van der Waals surface area contributed by atoms with Crippen LogP contribution in [0.4, 0.5) is 0 Å². The molecule has 19 heavy (non-hydrogen) atoms. The van der Waals surface area contributed by atoms with Crippen LogP contribution >= 0.6 is 0 Å². The van der Waals surface area contributed by atoms with Crippen molar-refractivity contribution in [3.05, 3.63) is 35.4 Å². The summed E-state index contributed by atoms with van der Waals surface area (Å²) in [6.45, 7) is 5.28. The molecule has 0 aromatic heterocycles. The number of rotatable bonds is 4. The van der Waals surface area contributed by atoms with Crippen LogP contribution < -0.4 is 5.32 Å². The van der Waals surface area contributed by atoms with Gasteiger partial charge in [-0.25, -0.2) is 0 Å². The fourth-order valence-corrected chi connectivity index (χ4v) is 3.54. The highest BCUT2D eigenvalue weighted by atomic mass is 16.5. The molecule has 2 atom stereocenters. The maximum absolute atomic E-state index is 5.64. The standard InChI is InChI=1S/C17H25NO/c1-3-19-14-10-13(11-14)18-17-9-8-12(2)15-6-4-5-7-16(15)17/h4-7,12-14,17-18H,3,8-11H2,1-2H3. The summed E-state index contributed by atoms with van der Waals surface area (Å²) in [6, 6.07) is 10.2. The van der Waals surface area contributed by atoms with E-state index in [1.807, 2.05) is 0 Å². The minimum absolute atomic E-state index is 0.500. The van der Waals surface area contributed by atoms with E-state index < -0.39 is 0 Å². The van der Waals surface area contributed by atoms with Crippen LogP contribution in [0.25, 0.3) is 0 Å². The summed E-state index contributed by atoms with van der Waals surface area (Å²) < 4.78 is 5.64. The van der Waals surface area contributed by atoms with Crippen molar-refractivity contribution in [1.29, 1.82) is 0 Å². The van der Waals surface area contributed by atoms with Crippen molar-refractivity contribution < 1.29 is 4.74 Å². The number of benzene rings is 1. The molecule has 104 valence electrons. The van der Waals surface area contributed by atoms with Crippen molar-refractivity contribution in [3.63, 3.8) is 0 Å². The Kier molecular flexibility index (Phi) is 3.90. The molecule has 0 heterocycles. The lowest BCUT2D eigenvalue weighted by Crippen LogP contribution is -2.47. The van der Waals surface area contributed by atoms with E-state index in [4.69, 9.17) is 4.74 Å². The van der Waals surface area contributed by atoms with Gasteiger partial charge in [-0.1, -0.05) is 31.2 Å². The first-order valence-corrected chi connectivity index (χ1v) is 7.74.